The number of imide groups is 1. The number of nitrogens with one attached hydrogen (secondary N) is 1. The summed E-state index contributed by atoms with van der Waals surface area (Å²) in [7, 11) is 1.48. The summed E-state index contributed by atoms with van der Waals surface area (Å²) in [5.74, 6) is -1.07. The molecular weight excluding hydrogens is 452 g/mol. The van der Waals surface area contributed by atoms with Crippen LogP contribution in [0.1, 0.15) is 21.9 Å². The minimum atomic E-state index is -0.581. The number of H-pyrrole nitrogens is 1. The van der Waals surface area contributed by atoms with Gasteiger partial charge in [0.05, 0.1) is 23.7 Å². The Kier molecular flexibility index (Phi) is 4.91. The minimum absolute atomic E-state index is 0.0185. The molecule has 3 aromatic rings. The molecule has 6 nitrogen and oxygen atoms in total. The molecule has 2 amide bonds. The summed E-state index contributed by atoms with van der Waals surface area (Å²) in [4.78, 5) is 32.4. The maximum atomic E-state index is 13.6. The molecule has 31 heavy (non-hydrogen) atoms. The predicted molar refractivity (Wildman–Crippen MR) is 123 cm³/mol. The van der Waals surface area contributed by atoms with Crippen LogP contribution in [0, 0.1) is 16.8 Å². The average Bonchev–Trinajstić information content (AvgIpc) is 3.24. The predicted octanol–water partition coefficient (Wildman–Crippen LogP) is 4.62. The van der Waals surface area contributed by atoms with E-state index in [9.17, 15) is 14.7 Å². The molecule has 0 radical (unpaired) electrons. The Balaban J connectivity index is 1.66. The Morgan fingerprint density at radius 3 is 2.58 bits per heavy atom. The Bertz CT molecular complexity index is 1260. The van der Waals surface area contributed by atoms with Crippen LogP contribution in [0.25, 0.3) is 0 Å². The molecular formula is C22H18N2O4S3. The molecule has 0 spiro atoms. The van der Waals surface area contributed by atoms with E-state index in [1.807, 2.05) is 19.1 Å². The molecule has 1 aromatic heterocycles. The van der Waals surface area contributed by atoms with Gasteiger partial charge in [0, 0.05) is 10.8 Å². The minimum Gasteiger partial charge on any atom is -0.504 e. The summed E-state index contributed by atoms with van der Waals surface area (Å²) >= 11 is 8.14. The highest BCUT2D eigenvalue weighted by Crippen LogP contribution is 2.54. The molecule has 1 fully saturated rings. The quantitative estimate of drug-likeness (QED) is 0.429. The second-order valence-electron chi connectivity index (χ2n) is 7.53. The zero-order valence-corrected chi connectivity index (χ0v) is 19.1. The first-order valence-corrected chi connectivity index (χ1v) is 11.7. The van der Waals surface area contributed by atoms with E-state index in [0.717, 1.165) is 21.0 Å². The highest BCUT2D eigenvalue weighted by molar-refractivity contribution is 8.01. The van der Waals surface area contributed by atoms with Crippen molar-refractivity contribution < 1.29 is 19.4 Å². The van der Waals surface area contributed by atoms with Crippen molar-refractivity contribution in [3.05, 3.63) is 62.4 Å². The fourth-order valence-corrected chi connectivity index (χ4v) is 7.17. The van der Waals surface area contributed by atoms with E-state index in [2.05, 4.69) is 4.98 Å². The number of hydrogen-bond donors (Lipinski definition) is 2. The normalized spacial score (nSPS) is 22.4. The number of phenols is 1. The highest BCUT2D eigenvalue weighted by Gasteiger charge is 2.56. The summed E-state index contributed by atoms with van der Waals surface area (Å²) in [5, 5.41) is 10.3. The number of anilines is 1. The van der Waals surface area contributed by atoms with E-state index in [4.69, 9.17) is 17.0 Å². The summed E-state index contributed by atoms with van der Waals surface area (Å²) in [6, 6.07) is 12.4. The number of rotatable bonds is 3. The van der Waals surface area contributed by atoms with Crippen LogP contribution < -0.4 is 9.64 Å². The van der Waals surface area contributed by atoms with Crippen LogP contribution in [0.2, 0.25) is 0 Å². The van der Waals surface area contributed by atoms with Crippen molar-refractivity contribution in [3.8, 4) is 11.5 Å². The van der Waals surface area contributed by atoms with Crippen LogP contribution in [0.3, 0.4) is 0 Å². The maximum absolute atomic E-state index is 13.6. The van der Waals surface area contributed by atoms with Gasteiger partial charge in [0.25, 0.3) is 0 Å². The summed E-state index contributed by atoms with van der Waals surface area (Å²) in [5.41, 5.74) is 2.43. The number of aromatic amines is 1. The number of thiazole rings is 1. The fraction of sp³-hybridized carbons (Fsp3) is 0.227. The molecule has 3 atom stereocenters. The zero-order valence-electron chi connectivity index (χ0n) is 16.6. The van der Waals surface area contributed by atoms with Crippen molar-refractivity contribution in [2.24, 2.45) is 5.92 Å². The van der Waals surface area contributed by atoms with Gasteiger partial charge in [0.2, 0.25) is 11.8 Å². The van der Waals surface area contributed by atoms with Crippen LogP contribution in [-0.2, 0) is 9.59 Å². The van der Waals surface area contributed by atoms with Crippen LogP contribution >= 0.6 is 35.3 Å². The van der Waals surface area contributed by atoms with E-state index >= 15 is 0 Å². The number of amides is 2. The lowest BCUT2D eigenvalue weighted by Crippen LogP contribution is -2.32. The van der Waals surface area contributed by atoms with Gasteiger partial charge < -0.3 is 14.8 Å². The van der Waals surface area contributed by atoms with Gasteiger partial charge >= 0.3 is 0 Å². The van der Waals surface area contributed by atoms with Crippen molar-refractivity contribution in [1.82, 2.24) is 4.98 Å². The van der Waals surface area contributed by atoms with E-state index in [-0.39, 0.29) is 23.5 Å². The molecule has 9 heteroatoms. The molecule has 3 unspecified atom stereocenters. The van der Waals surface area contributed by atoms with E-state index in [1.54, 1.807) is 30.3 Å². The summed E-state index contributed by atoms with van der Waals surface area (Å²) in [6.45, 7) is 1.96. The van der Waals surface area contributed by atoms with Gasteiger partial charge in [-0.2, -0.15) is 0 Å². The van der Waals surface area contributed by atoms with Crippen LogP contribution in [0.15, 0.2) is 47.5 Å². The second-order valence-corrected chi connectivity index (χ2v) is 10.4. The smallest absolute Gasteiger partial charge is 0.248 e. The monoisotopic (exact) mass is 470 g/mol. The van der Waals surface area contributed by atoms with Gasteiger partial charge in [0.1, 0.15) is 5.25 Å². The number of aryl methyl sites for hydroxylation is 1. The van der Waals surface area contributed by atoms with Crippen molar-refractivity contribution in [2.45, 2.75) is 23.1 Å². The highest BCUT2D eigenvalue weighted by atomic mass is 32.2. The first-order valence-electron chi connectivity index (χ1n) is 9.60. The standard InChI is InChI=1S/C22H18N2O4S3/c1-10-3-6-12(7-4-10)24-20(26)16-15(11-5-8-13(25)14(9-11)28-2)17-19(23-22(29)31-17)30-18(16)21(24)27/h3-9,15-16,18,25H,1-2H3,(H,23,29). The number of hydrogen-bond acceptors (Lipinski definition) is 7. The number of methoxy groups -OCH3 is 1. The fourth-order valence-electron chi connectivity index (χ4n) is 4.21. The Labute approximate surface area is 191 Å². The van der Waals surface area contributed by atoms with Crippen LogP contribution in [0.5, 0.6) is 11.5 Å². The van der Waals surface area contributed by atoms with Crippen molar-refractivity contribution in [2.75, 3.05) is 12.0 Å². The van der Waals surface area contributed by atoms with Gasteiger partial charge in [-0.3, -0.25) is 9.59 Å². The molecule has 5 rings (SSSR count). The van der Waals surface area contributed by atoms with Crippen molar-refractivity contribution in [1.29, 1.82) is 0 Å². The number of aromatic hydroxyl groups is 1. The SMILES string of the molecule is COc1cc(C2c3sc(=S)[nH]c3SC3C(=O)N(c4ccc(C)cc4)C(=O)C32)ccc1O. The van der Waals surface area contributed by atoms with Crippen LogP contribution in [0.4, 0.5) is 5.69 Å². The lowest BCUT2D eigenvalue weighted by molar-refractivity contribution is -0.122. The van der Waals surface area contributed by atoms with Crippen molar-refractivity contribution >= 4 is 52.8 Å². The van der Waals surface area contributed by atoms with E-state index < -0.39 is 11.2 Å². The Morgan fingerprint density at radius 1 is 1.13 bits per heavy atom. The van der Waals surface area contributed by atoms with Gasteiger partial charge in [-0.05, 0) is 49.0 Å². The van der Waals surface area contributed by atoms with E-state index in [0.29, 0.717) is 15.4 Å². The van der Waals surface area contributed by atoms with Gasteiger partial charge in [-0.15, -0.1) is 11.3 Å². The molecule has 0 saturated carbocycles. The molecule has 158 valence electrons. The molecule has 2 aromatic carbocycles. The number of benzene rings is 2. The topological polar surface area (TPSA) is 82.6 Å². The zero-order chi connectivity index (χ0) is 21.9. The Hall–Kier alpha value is -2.62. The third-order valence-electron chi connectivity index (χ3n) is 5.68. The van der Waals surface area contributed by atoms with Crippen molar-refractivity contribution in [3.63, 3.8) is 0 Å². The van der Waals surface area contributed by atoms with Gasteiger partial charge in [-0.25, -0.2) is 4.90 Å². The van der Waals surface area contributed by atoms with E-state index in [1.165, 1.54) is 35.1 Å². The third-order valence-corrected chi connectivity index (χ3v) is 8.43. The number of aromatic nitrogens is 1. The number of carbonyl (C=O) groups excluding carboxylic acids is 2. The number of phenolic OH excluding ortho intramolecular Hbond substituents is 1. The number of fused-ring (bicyclic) bond motifs is 2. The number of nitrogens with zero attached hydrogens (tertiary/aromatic N) is 1. The third kappa shape index (κ3) is 3.19. The van der Waals surface area contributed by atoms with Gasteiger partial charge in [-0.1, -0.05) is 35.5 Å². The lowest BCUT2D eigenvalue weighted by Gasteiger charge is -2.30. The van der Waals surface area contributed by atoms with Gasteiger partial charge in [0.15, 0.2) is 15.5 Å². The Morgan fingerprint density at radius 2 is 1.87 bits per heavy atom. The molecule has 0 bridgehead atoms. The molecule has 0 aliphatic carbocycles. The maximum Gasteiger partial charge on any atom is 0.248 e. The number of carbonyl (C=O) groups is 2. The first kappa shape index (κ1) is 20.3. The summed E-state index contributed by atoms with van der Waals surface area (Å²) < 4.78 is 5.89. The lowest BCUT2D eigenvalue weighted by atomic mass is 9.83. The largest absolute Gasteiger partial charge is 0.504 e. The second kappa shape index (κ2) is 7.51. The number of thioether (sulfide) groups is 1. The summed E-state index contributed by atoms with van der Waals surface area (Å²) in [6.07, 6.45) is 0. The first-order chi connectivity index (χ1) is 14.9. The average molecular weight is 471 g/mol. The molecule has 2 N–H and O–H groups in total. The molecule has 1 saturated heterocycles. The number of ether oxygens (including phenoxy) is 1. The molecule has 2 aliphatic heterocycles. The molecule has 3 heterocycles. The molecule has 2 aliphatic rings. The van der Waals surface area contributed by atoms with Crippen LogP contribution in [-0.4, -0.2) is 34.3 Å².